The fourth-order valence-corrected chi connectivity index (χ4v) is 6.43. The molecule has 3 atom stereocenters. The number of nitrogens with one attached hydrogen (secondary N) is 2. The summed E-state index contributed by atoms with van der Waals surface area (Å²) in [7, 11) is -1.99. The zero-order chi connectivity index (χ0) is 26.9. The first-order chi connectivity index (χ1) is 17.5. The van der Waals surface area contributed by atoms with Crippen molar-refractivity contribution in [1.82, 2.24) is 19.8 Å². The molecule has 9 nitrogen and oxygen atoms in total. The Balaban J connectivity index is 1.68. The normalized spacial score (nSPS) is 22.6. The number of amides is 2. The summed E-state index contributed by atoms with van der Waals surface area (Å²) in [4.78, 5) is 28.3. The fraction of sp³-hybridized carbons (Fsp3) is 0.600. The summed E-state index contributed by atoms with van der Waals surface area (Å²) in [6.45, 7) is 1.82. The quantitative estimate of drug-likeness (QED) is 0.523. The Labute approximate surface area is 216 Å². The molecular weight excluding hydrogens is 506 g/mol. The van der Waals surface area contributed by atoms with Crippen LogP contribution in [-0.4, -0.2) is 74.0 Å². The highest BCUT2D eigenvalue weighted by molar-refractivity contribution is 7.88. The van der Waals surface area contributed by atoms with E-state index in [1.807, 2.05) is 0 Å². The highest BCUT2D eigenvalue weighted by atomic mass is 32.2. The Kier molecular flexibility index (Phi) is 8.20. The zero-order valence-electron chi connectivity index (χ0n) is 21.3. The largest absolute Gasteiger partial charge is 0.458 e. The molecule has 2 amide bonds. The lowest BCUT2D eigenvalue weighted by molar-refractivity contribution is -0.136. The molecule has 0 bridgehead atoms. The zero-order valence-corrected chi connectivity index (χ0v) is 22.1. The molecule has 2 heterocycles. The van der Waals surface area contributed by atoms with Crippen molar-refractivity contribution >= 4 is 21.8 Å². The number of carbonyl (C=O) groups excluding carboxylic acids is 2. The SMILES string of the molecule is CNC(C)C(=O)NC(C(=O)N1CCC2C1=C(Oc1ccc(F)c(F)c1)CN2S(C)(=O)=O)C1CCCCC1. The van der Waals surface area contributed by atoms with E-state index in [2.05, 4.69) is 10.6 Å². The number of sulfonamides is 1. The molecule has 3 aliphatic rings. The summed E-state index contributed by atoms with van der Waals surface area (Å²) in [6, 6.07) is 1.15. The molecule has 1 aliphatic carbocycles. The summed E-state index contributed by atoms with van der Waals surface area (Å²) in [6.07, 6.45) is 6.04. The second-order valence-electron chi connectivity index (χ2n) is 9.98. The van der Waals surface area contributed by atoms with Crippen molar-refractivity contribution in [3.63, 3.8) is 0 Å². The first-order valence-electron chi connectivity index (χ1n) is 12.6. The molecule has 4 rings (SSSR count). The highest BCUT2D eigenvalue weighted by Crippen LogP contribution is 2.39. The summed E-state index contributed by atoms with van der Waals surface area (Å²) in [5.41, 5.74) is 0.386. The number of fused-ring (bicyclic) bond motifs is 1. The van der Waals surface area contributed by atoms with E-state index >= 15 is 0 Å². The molecule has 1 aromatic carbocycles. The predicted molar refractivity (Wildman–Crippen MR) is 133 cm³/mol. The first kappa shape index (κ1) is 27.5. The van der Waals surface area contributed by atoms with Gasteiger partial charge in [-0.1, -0.05) is 19.3 Å². The van der Waals surface area contributed by atoms with Gasteiger partial charge >= 0.3 is 0 Å². The van der Waals surface area contributed by atoms with Crippen LogP contribution < -0.4 is 15.4 Å². The van der Waals surface area contributed by atoms with E-state index in [4.69, 9.17) is 4.74 Å². The lowest BCUT2D eigenvalue weighted by atomic mass is 9.83. The molecule has 0 spiro atoms. The molecule has 1 aromatic rings. The summed E-state index contributed by atoms with van der Waals surface area (Å²) >= 11 is 0. The third kappa shape index (κ3) is 5.80. The lowest BCUT2D eigenvalue weighted by Crippen LogP contribution is -2.55. The van der Waals surface area contributed by atoms with E-state index in [1.165, 1.54) is 15.3 Å². The maximum Gasteiger partial charge on any atom is 0.249 e. The Morgan fingerprint density at radius 3 is 2.43 bits per heavy atom. The molecule has 2 aliphatic heterocycles. The molecule has 0 aromatic heterocycles. The minimum atomic E-state index is -3.66. The van der Waals surface area contributed by atoms with Gasteiger partial charge in [0, 0.05) is 12.6 Å². The van der Waals surface area contributed by atoms with Gasteiger partial charge in [0.1, 0.15) is 17.6 Å². The van der Waals surface area contributed by atoms with E-state index in [0.717, 1.165) is 50.5 Å². The summed E-state index contributed by atoms with van der Waals surface area (Å²) in [5, 5.41) is 5.82. The highest BCUT2D eigenvalue weighted by Gasteiger charge is 2.49. The van der Waals surface area contributed by atoms with Crippen LogP contribution in [-0.2, 0) is 19.6 Å². The van der Waals surface area contributed by atoms with Crippen molar-refractivity contribution < 1.29 is 31.5 Å². The predicted octanol–water partition coefficient (Wildman–Crippen LogP) is 2.10. The molecular formula is C25H34F2N4O5S. The van der Waals surface area contributed by atoms with Crippen molar-refractivity contribution in [2.24, 2.45) is 5.92 Å². The minimum Gasteiger partial charge on any atom is -0.458 e. The fourth-order valence-electron chi connectivity index (χ4n) is 5.41. The van der Waals surface area contributed by atoms with Crippen molar-refractivity contribution in [3.8, 4) is 5.75 Å². The Hall–Kier alpha value is -2.57. The molecule has 1 saturated heterocycles. The van der Waals surface area contributed by atoms with Gasteiger partial charge in [0.2, 0.25) is 21.8 Å². The van der Waals surface area contributed by atoms with Crippen LogP contribution in [0.25, 0.3) is 0 Å². The number of ether oxygens (including phenoxy) is 1. The number of hydrogen-bond acceptors (Lipinski definition) is 6. The van der Waals surface area contributed by atoms with Gasteiger partial charge in [-0.2, -0.15) is 4.31 Å². The molecule has 1 saturated carbocycles. The van der Waals surface area contributed by atoms with E-state index in [0.29, 0.717) is 12.1 Å². The van der Waals surface area contributed by atoms with Crippen LogP contribution in [0.4, 0.5) is 8.78 Å². The number of rotatable bonds is 8. The van der Waals surface area contributed by atoms with Gasteiger partial charge in [0.15, 0.2) is 11.6 Å². The van der Waals surface area contributed by atoms with Crippen LogP contribution >= 0.6 is 0 Å². The maximum atomic E-state index is 14.0. The van der Waals surface area contributed by atoms with Crippen molar-refractivity contribution in [3.05, 3.63) is 41.3 Å². The van der Waals surface area contributed by atoms with E-state index in [1.54, 1.807) is 14.0 Å². The number of halogens is 2. The van der Waals surface area contributed by atoms with E-state index in [9.17, 15) is 26.8 Å². The van der Waals surface area contributed by atoms with E-state index in [-0.39, 0.29) is 42.3 Å². The van der Waals surface area contributed by atoms with Crippen molar-refractivity contribution in [2.75, 3.05) is 26.4 Å². The standard InChI is InChI=1S/C25H34F2N4O5S/c1-15(28-2)24(32)29-22(16-7-5-4-6-8-16)25(33)30-12-11-20-23(30)21(14-31(20)37(3,34)35)36-17-9-10-18(26)19(27)13-17/h9-10,13,15-16,20,22,28H,4-8,11-12,14H2,1-3H3,(H,29,32). The van der Waals surface area contributed by atoms with Crippen LogP contribution in [0, 0.1) is 17.6 Å². The van der Waals surface area contributed by atoms with Gasteiger partial charge in [-0.3, -0.25) is 9.59 Å². The van der Waals surface area contributed by atoms with Crippen molar-refractivity contribution in [2.45, 2.75) is 63.6 Å². The van der Waals surface area contributed by atoms with E-state index < -0.39 is 39.8 Å². The van der Waals surface area contributed by atoms with Gasteiger partial charge in [-0.25, -0.2) is 17.2 Å². The van der Waals surface area contributed by atoms with Crippen LogP contribution in [0.2, 0.25) is 0 Å². The maximum absolute atomic E-state index is 14.0. The molecule has 37 heavy (non-hydrogen) atoms. The molecule has 12 heteroatoms. The molecule has 204 valence electrons. The summed E-state index contributed by atoms with van der Waals surface area (Å²) in [5.74, 6) is -2.61. The smallest absolute Gasteiger partial charge is 0.249 e. The number of likely N-dealkylation sites (N-methyl/N-ethyl adjacent to an activating group) is 1. The molecule has 2 N–H and O–H groups in total. The first-order valence-corrected chi connectivity index (χ1v) is 14.5. The monoisotopic (exact) mass is 540 g/mol. The second-order valence-corrected chi connectivity index (χ2v) is 11.9. The van der Waals surface area contributed by atoms with Crippen LogP contribution in [0.5, 0.6) is 5.75 Å². The number of benzene rings is 1. The average Bonchev–Trinajstić information content (AvgIpc) is 3.45. The number of carbonyl (C=O) groups is 2. The Morgan fingerprint density at radius 2 is 1.81 bits per heavy atom. The average molecular weight is 541 g/mol. The third-order valence-corrected chi connectivity index (χ3v) is 8.74. The molecule has 0 radical (unpaired) electrons. The van der Waals surface area contributed by atoms with Crippen LogP contribution in [0.15, 0.2) is 29.7 Å². The Bertz CT molecular complexity index is 1190. The third-order valence-electron chi connectivity index (χ3n) is 7.50. The van der Waals surface area contributed by atoms with Gasteiger partial charge < -0.3 is 20.3 Å². The van der Waals surface area contributed by atoms with Crippen LogP contribution in [0.3, 0.4) is 0 Å². The van der Waals surface area contributed by atoms with Gasteiger partial charge in [0.05, 0.1) is 30.6 Å². The summed E-state index contributed by atoms with van der Waals surface area (Å²) < 4.78 is 59.5. The number of hydrogen-bond donors (Lipinski definition) is 2. The van der Waals surface area contributed by atoms with Gasteiger partial charge in [0.25, 0.3) is 0 Å². The number of nitrogens with zero attached hydrogens (tertiary/aromatic N) is 2. The van der Waals surface area contributed by atoms with Crippen molar-refractivity contribution in [1.29, 1.82) is 0 Å². The van der Waals surface area contributed by atoms with Gasteiger partial charge in [-0.05, 0) is 51.3 Å². The van der Waals surface area contributed by atoms with Crippen LogP contribution in [0.1, 0.15) is 45.4 Å². The second kappa shape index (κ2) is 11.0. The molecule has 2 fully saturated rings. The molecule has 3 unspecified atom stereocenters. The Morgan fingerprint density at radius 1 is 1.11 bits per heavy atom. The minimum absolute atomic E-state index is 0.00483. The number of likely N-dealkylation sites (tertiary alicyclic amines) is 1. The van der Waals surface area contributed by atoms with Gasteiger partial charge in [-0.15, -0.1) is 0 Å². The topological polar surface area (TPSA) is 108 Å². The lowest BCUT2D eigenvalue weighted by Gasteiger charge is -2.34.